The van der Waals surface area contributed by atoms with Crippen molar-refractivity contribution < 1.29 is 22.7 Å². The Bertz CT molecular complexity index is 209. The van der Waals surface area contributed by atoms with Gasteiger partial charge in [-0.25, -0.2) is 0 Å². The lowest BCUT2D eigenvalue weighted by atomic mass is 10.2. The third kappa shape index (κ3) is 8.49. The van der Waals surface area contributed by atoms with Crippen molar-refractivity contribution in [1.29, 1.82) is 0 Å². The number of carbonyl (C=O) groups excluding carboxylic acids is 1. The van der Waals surface area contributed by atoms with Gasteiger partial charge >= 0.3 is 6.18 Å². The number of hydrogen-bond acceptors (Lipinski definition) is 3. The number of nitrogens with one attached hydrogen (secondary N) is 2. The van der Waals surface area contributed by atoms with Gasteiger partial charge in [0.25, 0.3) is 0 Å². The van der Waals surface area contributed by atoms with Gasteiger partial charge in [0, 0.05) is 13.2 Å². The van der Waals surface area contributed by atoms with E-state index in [1.165, 1.54) is 7.11 Å². The third-order valence-corrected chi connectivity index (χ3v) is 1.90. The summed E-state index contributed by atoms with van der Waals surface area (Å²) >= 11 is 0. The zero-order chi connectivity index (χ0) is 12.6. The lowest BCUT2D eigenvalue weighted by molar-refractivity contribution is -0.138. The molecule has 0 aromatic heterocycles. The highest BCUT2D eigenvalue weighted by molar-refractivity contribution is 5.78. The molecular weight excluding hydrogens is 225 g/mol. The Kier molecular flexibility index (Phi) is 7.07. The predicted octanol–water partition coefficient (Wildman–Crippen LogP) is 0.679. The lowest BCUT2D eigenvalue weighted by Gasteiger charge is -2.15. The van der Waals surface area contributed by atoms with Gasteiger partial charge in [-0.1, -0.05) is 6.92 Å². The minimum absolute atomic E-state index is 0.0263. The van der Waals surface area contributed by atoms with Gasteiger partial charge in [-0.3, -0.25) is 4.79 Å². The van der Waals surface area contributed by atoms with Crippen LogP contribution in [0.25, 0.3) is 0 Å². The fourth-order valence-electron chi connectivity index (χ4n) is 1.02. The van der Waals surface area contributed by atoms with Crippen LogP contribution in [0.15, 0.2) is 0 Å². The van der Waals surface area contributed by atoms with Crippen LogP contribution in [0.1, 0.15) is 13.3 Å². The molecule has 0 aromatic rings. The minimum atomic E-state index is -4.37. The van der Waals surface area contributed by atoms with Crippen molar-refractivity contribution >= 4 is 5.91 Å². The molecule has 1 atom stereocenters. The number of amides is 1. The van der Waals surface area contributed by atoms with Crippen molar-refractivity contribution in [3.63, 3.8) is 0 Å². The Morgan fingerprint density at radius 2 is 2.06 bits per heavy atom. The Labute approximate surface area is 92.5 Å². The van der Waals surface area contributed by atoms with Crippen molar-refractivity contribution in [3.8, 4) is 0 Å². The molecule has 16 heavy (non-hydrogen) atoms. The highest BCUT2D eigenvalue weighted by atomic mass is 19.4. The van der Waals surface area contributed by atoms with Gasteiger partial charge < -0.3 is 15.4 Å². The molecule has 1 amide bonds. The maximum Gasteiger partial charge on any atom is 0.405 e. The predicted molar refractivity (Wildman–Crippen MR) is 53.0 cm³/mol. The summed E-state index contributed by atoms with van der Waals surface area (Å²) in [4.78, 5) is 11.0. The molecular formula is C9H17F3N2O2. The average Bonchev–Trinajstić information content (AvgIpc) is 2.20. The smallest absolute Gasteiger partial charge is 0.383 e. The Hall–Kier alpha value is -0.820. The van der Waals surface area contributed by atoms with Crippen LogP contribution in [0.4, 0.5) is 13.2 Å². The molecule has 0 aliphatic heterocycles. The van der Waals surface area contributed by atoms with Gasteiger partial charge in [-0.15, -0.1) is 0 Å². The summed E-state index contributed by atoms with van der Waals surface area (Å²) in [5, 5.41) is 4.58. The van der Waals surface area contributed by atoms with E-state index in [1.54, 1.807) is 5.32 Å². The van der Waals surface area contributed by atoms with Crippen molar-refractivity contribution in [3.05, 3.63) is 0 Å². The van der Waals surface area contributed by atoms with Crippen molar-refractivity contribution in [2.75, 3.05) is 26.8 Å². The first-order valence-electron chi connectivity index (χ1n) is 4.94. The Balaban J connectivity index is 3.71. The fraction of sp³-hybridized carbons (Fsp3) is 0.889. The van der Waals surface area contributed by atoms with Crippen LogP contribution >= 0.6 is 0 Å². The summed E-state index contributed by atoms with van der Waals surface area (Å²) in [6.45, 7) is 0.875. The molecule has 1 unspecified atom stereocenters. The van der Waals surface area contributed by atoms with Crippen LogP contribution in [0.2, 0.25) is 0 Å². The SMILES string of the molecule is CCC(COC)NCC(=O)NCC(F)(F)F. The van der Waals surface area contributed by atoms with Crippen LogP contribution in [0.5, 0.6) is 0 Å². The first-order chi connectivity index (χ1) is 7.39. The first kappa shape index (κ1) is 15.2. The molecule has 0 saturated heterocycles. The summed E-state index contributed by atoms with van der Waals surface area (Å²) < 4.78 is 40.1. The van der Waals surface area contributed by atoms with Gasteiger partial charge in [0.15, 0.2) is 0 Å². The standard InChI is InChI=1S/C9H17F3N2O2/c1-3-7(5-16-2)13-4-8(15)14-6-9(10,11)12/h7,13H,3-6H2,1-2H3,(H,14,15). The van der Waals surface area contributed by atoms with Crippen molar-refractivity contribution in [2.45, 2.75) is 25.6 Å². The molecule has 4 nitrogen and oxygen atoms in total. The second-order valence-electron chi connectivity index (χ2n) is 3.33. The molecule has 96 valence electrons. The van der Waals surface area contributed by atoms with Crippen LogP contribution in [0.3, 0.4) is 0 Å². The summed E-state index contributed by atoms with van der Waals surface area (Å²) in [6, 6.07) is -0.0263. The van der Waals surface area contributed by atoms with Crippen LogP contribution in [-0.2, 0) is 9.53 Å². The average molecular weight is 242 g/mol. The van der Waals surface area contributed by atoms with Crippen LogP contribution in [0, 0.1) is 0 Å². The summed E-state index contributed by atoms with van der Waals surface area (Å²) in [6.07, 6.45) is -3.63. The molecule has 0 heterocycles. The molecule has 0 aliphatic carbocycles. The molecule has 0 aliphatic rings. The molecule has 0 saturated carbocycles. The topological polar surface area (TPSA) is 50.4 Å². The zero-order valence-corrected chi connectivity index (χ0v) is 9.36. The highest BCUT2D eigenvalue weighted by Gasteiger charge is 2.27. The van der Waals surface area contributed by atoms with Gasteiger partial charge in [-0.2, -0.15) is 13.2 Å². The van der Waals surface area contributed by atoms with E-state index in [0.29, 0.717) is 6.61 Å². The Morgan fingerprint density at radius 3 is 2.50 bits per heavy atom. The number of halogens is 3. The number of methoxy groups -OCH3 is 1. The molecule has 2 N–H and O–H groups in total. The van der Waals surface area contributed by atoms with E-state index < -0.39 is 18.6 Å². The number of carbonyl (C=O) groups is 1. The van der Waals surface area contributed by atoms with E-state index in [1.807, 2.05) is 6.92 Å². The number of rotatable bonds is 7. The molecule has 0 spiro atoms. The van der Waals surface area contributed by atoms with E-state index in [-0.39, 0.29) is 12.6 Å². The van der Waals surface area contributed by atoms with Gasteiger partial charge in [-0.05, 0) is 6.42 Å². The minimum Gasteiger partial charge on any atom is -0.383 e. The number of ether oxygens (including phenoxy) is 1. The summed E-state index contributed by atoms with van der Waals surface area (Å²) in [5.74, 6) is -0.674. The summed E-state index contributed by atoms with van der Waals surface area (Å²) in [5.41, 5.74) is 0. The zero-order valence-electron chi connectivity index (χ0n) is 9.36. The highest BCUT2D eigenvalue weighted by Crippen LogP contribution is 2.11. The van der Waals surface area contributed by atoms with Gasteiger partial charge in [0.1, 0.15) is 6.54 Å². The molecule has 0 rings (SSSR count). The largest absolute Gasteiger partial charge is 0.405 e. The van der Waals surface area contributed by atoms with Crippen molar-refractivity contribution in [1.82, 2.24) is 10.6 Å². The maximum absolute atomic E-state index is 11.7. The fourth-order valence-corrected chi connectivity index (χ4v) is 1.02. The van der Waals surface area contributed by atoms with Crippen LogP contribution < -0.4 is 10.6 Å². The normalized spacial score (nSPS) is 13.6. The second-order valence-corrected chi connectivity index (χ2v) is 3.33. The second kappa shape index (κ2) is 7.45. The molecule has 7 heteroatoms. The molecule has 0 bridgehead atoms. The van der Waals surface area contributed by atoms with Gasteiger partial charge in [0.2, 0.25) is 5.91 Å². The van der Waals surface area contributed by atoms with E-state index in [9.17, 15) is 18.0 Å². The van der Waals surface area contributed by atoms with E-state index in [4.69, 9.17) is 4.74 Å². The van der Waals surface area contributed by atoms with Crippen LogP contribution in [-0.4, -0.2) is 44.9 Å². The maximum atomic E-state index is 11.7. The van der Waals surface area contributed by atoms with E-state index in [0.717, 1.165) is 6.42 Å². The molecule has 0 fully saturated rings. The number of alkyl halides is 3. The lowest BCUT2D eigenvalue weighted by Crippen LogP contribution is -2.43. The third-order valence-electron chi connectivity index (χ3n) is 1.90. The van der Waals surface area contributed by atoms with E-state index >= 15 is 0 Å². The number of hydrogen-bond donors (Lipinski definition) is 2. The molecule has 0 aromatic carbocycles. The monoisotopic (exact) mass is 242 g/mol. The molecule has 0 radical (unpaired) electrons. The summed E-state index contributed by atoms with van der Waals surface area (Å²) in [7, 11) is 1.52. The Morgan fingerprint density at radius 1 is 1.44 bits per heavy atom. The van der Waals surface area contributed by atoms with Gasteiger partial charge in [0.05, 0.1) is 13.2 Å². The van der Waals surface area contributed by atoms with E-state index in [2.05, 4.69) is 5.32 Å². The first-order valence-corrected chi connectivity index (χ1v) is 4.94. The quantitative estimate of drug-likeness (QED) is 0.690. The van der Waals surface area contributed by atoms with Crippen molar-refractivity contribution in [2.24, 2.45) is 0 Å².